The Labute approximate surface area is 60.6 Å². The van der Waals surface area contributed by atoms with Gasteiger partial charge in [0.15, 0.2) is 9.84 Å². The Morgan fingerprint density at radius 1 is 1.60 bits per heavy atom. The molecule has 1 fully saturated rings. The van der Waals surface area contributed by atoms with Gasteiger partial charge in [0.1, 0.15) is 0 Å². The summed E-state index contributed by atoms with van der Waals surface area (Å²) in [7, 11) is -2.77. The minimum absolute atomic E-state index is 0.106. The summed E-state index contributed by atoms with van der Waals surface area (Å²) >= 11 is 0. The molecule has 1 rings (SSSR count). The molecule has 3 nitrogen and oxygen atoms in total. The Morgan fingerprint density at radius 2 is 2.30 bits per heavy atom. The van der Waals surface area contributed by atoms with Gasteiger partial charge in [-0.25, -0.2) is 8.42 Å². The summed E-state index contributed by atoms with van der Waals surface area (Å²) < 4.78 is 21.6. The molecule has 0 spiro atoms. The molecule has 0 aliphatic carbocycles. The predicted octanol–water partition coefficient (Wildman–Crippen LogP) is 0.335. The van der Waals surface area contributed by atoms with Gasteiger partial charge >= 0.3 is 0 Å². The second-order valence-corrected chi connectivity index (χ2v) is 4.86. The molecule has 0 radical (unpaired) electrons. The van der Waals surface area contributed by atoms with E-state index in [1.54, 1.807) is 0 Å². The Balaban J connectivity index is 2.54. The van der Waals surface area contributed by atoms with Crippen LogP contribution < -0.4 is 0 Å². The monoisotopic (exact) mass is 159 g/mol. The van der Waals surface area contributed by atoms with Crippen LogP contribution in [0.2, 0.25) is 0 Å². The SMILES string of the molecule is N#CC[C@@H]1CCS(=O)(=O)C1. The number of nitrogens with zero attached hydrogens (tertiary/aromatic N) is 1. The lowest BCUT2D eigenvalue weighted by Gasteiger charge is -1.96. The van der Waals surface area contributed by atoms with Gasteiger partial charge in [-0.2, -0.15) is 5.26 Å². The Kier molecular flexibility index (Phi) is 1.95. The van der Waals surface area contributed by atoms with Crippen molar-refractivity contribution in [2.75, 3.05) is 11.5 Å². The molecule has 1 aliphatic heterocycles. The Bertz CT molecular complexity index is 249. The van der Waals surface area contributed by atoms with E-state index in [0.29, 0.717) is 12.8 Å². The third-order valence-electron chi connectivity index (χ3n) is 1.71. The number of sulfone groups is 1. The summed E-state index contributed by atoms with van der Waals surface area (Å²) in [5, 5.41) is 8.25. The second kappa shape index (κ2) is 2.59. The molecule has 4 heteroatoms. The highest BCUT2D eigenvalue weighted by molar-refractivity contribution is 7.91. The minimum atomic E-state index is -2.77. The van der Waals surface area contributed by atoms with E-state index in [-0.39, 0.29) is 17.4 Å². The van der Waals surface area contributed by atoms with E-state index in [1.165, 1.54) is 0 Å². The highest BCUT2D eigenvalue weighted by Crippen LogP contribution is 2.20. The first-order valence-electron chi connectivity index (χ1n) is 3.21. The molecule has 0 amide bonds. The molecule has 1 saturated heterocycles. The van der Waals surface area contributed by atoms with Crippen LogP contribution in [0.1, 0.15) is 12.8 Å². The molecule has 0 aromatic heterocycles. The lowest BCUT2D eigenvalue weighted by Crippen LogP contribution is -2.03. The third kappa shape index (κ3) is 1.71. The molecule has 0 aromatic rings. The zero-order valence-electron chi connectivity index (χ0n) is 5.58. The highest BCUT2D eigenvalue weighted by atomic mass is 32.2. The van der Waals surface area contributed by atoms with Crippen molar-refractivity contribution in [2.45, 2.75) is 12.8 Å². The zero-order valence-corrected chi connectivity index (χ0v) is 6.39. The van der Waals surface area contributed by atoms with Crippen molar-refractivity contribution >= 4 is 9.84 Å². The normalized spacial score (nSPS) is 29.7. The third-order valence-corrected chi connectivity index (χ3v) is 3.54. The van der Waals surface area contributed by atoms with Crippen molar-refractivity contribution in [1.29, 1.82) is 5.26 Å². The number of hydrogen-bond donors (Lipinski definition) is 0. The molecular formula is C6H9NO2S. The maximum Gasteiger partial charge on any atom is 0.150 e. The second-order valence-electron chi connectivity index (χ2n) is 2.63. The molecule has 56 valence electrons. The van der Waals surface area contributed by atoms with Gasteiger partial charge in [0.05, 0.1) is 17.6 Å². The van der Waals surface area contributed by atoms with E-state index in [1.807, 2.05) is 6.07 Å². The van der Waals surface area contributed by atoms with E-state index in [4.69, 9.17) is 5.26 Å². The largest absolute Gasteiger partial charge is 0.229 e. The highest BCUT2D eigenvalue weighted by Gasteiger charge is 2.27. The van der Waals surface area contributed by atoms with Crippen LogP contribution in [0.3, 0.4) is 0 Å². The summed E-state index contributed by atoms with van der Waals surface area (Å²) in [6.45, 7) is 0. The van der Waals surface area contributed by atoms with E-state index < -0.39 is 9.84 Å². The van der Waals surface area contributed by atoms with Gasteiger partial charge in [-0.15, -0.1) is 0 Å². The lowest BCUT2D eigenvalue weighted by molar-refractivity contribution is 0.592. The van der Waals surface area contributed by atoms with Gasteiger partial charge in [-0.1, -0.05) is 0 Å². The van der Waals surface area contributed by atoms with Crippen molar-refractivity contribution in [2.24, 2.45) is 5.92 Å². The molecular weight excluding hydrogens is 150 g/mol. The molecule has 10 heavy (non-hydrogen) atoms. The van der Waals surface area contributed by atoms with Gasteiger partial charge in [0.2, 0.25) is 0 Å². The summed E-state index contributed by atoms with van der Waals surface area (Å²) in [5.41, 5.74) is 0. The van der Waals surface area contributed by atoms with Crippen LogP contribution in [0.4, 0.5) is 0 Å². The predicted molar refractivity (Wildman–Crippen MR) is 37.0 cm³/mol. The van der Waals surface area contributed by atoms with E-state index in [2.05, 4.69) is 0 Å². The molecule has 1 heterocycles. The van der Waals surface area contributed by atoms with E-state index in [0.717, 1.165) is 0 Å². The first-order chi connectivity index (χ1) is 4.64. The van der Waals surface area contributed by atoms with E-state index in [9.17, 15) is 8.42 Å². The fourth-order valence-electron chi connectivity index (χ4n) is 1.16. The minimum Gasteiger partial charge on any atom is -0.229 e. The van der Waals surface area contributed by atoms with Gasteiger partial charge in [0.25, 0.3) is 0 Å². The fourth-order valence-corrected chi connectivity index (χ4v) is 3.02. The first kappa shape index (κ1) is 7.55. The van der Waals surface area contributed by atoms with Crippen molar-refractivity contribution in [1.82, 2.24) is 0 Å². The fraction of sp³-hybridized carbons (Fsp3) is 0.833. The van der Waals surface area contributed by atoms with Crippen LogP contribution >= 0.6 is 0 Å². The van der Waals surface area contributed by atoms with Gasteiger partial charge in [0, 0.05) is 6.42 Å². The summed E-state index contributed by atoms with van der Waals surface area (Å²) in [6, 6.07) is 1.98. The summed E-state index contributed by atoms with van der Waals surface area (Å²) in [5.74, 6) is 0.606. The number of nitriles is 1. The van der Waals surface area contributed by atoms with E-state index >= 15 is 0 Å². The first-order valence-corrected chi connectivity index (χ1v) is 5.03. The molecule has 0 unspecified atom stereocenters. The van der Waals surface area contributed by atoms with Crippen molar-refractivity contribution < 1.29 is 8.42 Å². The topological polar surface area (TPSA) is 57.9 Å². The molecule has 0 aromatic carbocycles. The molecule has 0 saturated carbocycles. The van der Waals surface area contributed by atoms with Crippen LogP contribution in [0.25, 0.3) is 0 Å². The van der Waals surface area contributed by atoms with Crippen LogP contribution in [-0.4, -0.2) is 19.9 Å². The maximum atomic E-state index is 10.8. The van der Waals surface area contributed by atoms with Gasteiger partial charge < -0.3 is 0 Å². The van der Waals surface area contributed by atoms with Gasteiger partial charge in [-0.05, 0) is 12.3 Å². The molecule has 1 atom stereocenters. The Morgan fingerprint density at radius 3 is 2.70 bits per heavy atom. The van der Waals surface area contributed by atoms with Crippen LogP contribution in [0.15, 0.2) is 0 Å². The van der Waals surface area contributed by atoms with Crippen molar-refractivity contribution in [3.05, 3.63) is 0 Å². The number of rotatable bonds is 1. The summed E-state index contributed by atoms with van der Waals surface area (Å²) in [4.78, 5) is 0. The zero-order chi connectivity index (χ0) is 7.61. The Hall–Kier alpha value is -0.560. The van der Waals surface area contributed by atoms with Crippen molar-refractivity contribution in [3.63, 3.8) is 0 Å². The maximum absolute atomic E-state index is 10.8. The van der Waals surface area contributed by atoms with Crippen LogP contribution in [-0.2, 0) is 9.84 Å². The standard InChI is InChI=1S/C6H9NO2S/c7-3-1-6-2-4-10(8,9)5-6/h6H,1-2,4-5H2/t6-/m1/s1. The molecule has 0 N–H and O–H groups in total. The quantitative estimate of drug-likeness (QED) is 0.554. The lowest BCUT2D eigenvalue weighted by atomic mass is 10.1. The molecule has 1 aliphatic rings. The van der Waals surface area contributed by atoms with Crippen LogP contribution in [0.5, 0.6) is 0 Å². The van der Waals surface area contributed by atoms with Crippen LogP contribution in [0, 0.1) is 17.2 Å². The average Bonchev–Trinajstić information content (AvgIpc) is 2.12. The number of hydrogen-bond acceptors (Lipinski definition) is 3. The molecule has 0 bridgehead atoms. The van der Waals surface area contributed by atoms with Crippen molar-refractivity contribution in [3.8, 4) is 6.07 Å². The average molecular weight is 159 g/mol. The summed E-state index contributed by atoms with van der Waals surface area (Å²) in [6.07, 6.45) is 1.06. The smallest absolute Gasteiger partial charge is 0.150 e. The van der Waals surface area contributed by atoms with Gasteiger partial charge in [-0.3, -0.25) is 0 Å².